The second-order valence-corrected chi connectivity index (χ2v) is 6.43. The van der Waals surface area contributed by atoms with Gasteiger partial charge < -0.3 is 20.3 Å². The molecule has 0 fully saturated rings. The smallest absolute Gasteiger partial charge is 0.269 e. The lowest BCUT2D eigenvalue weighted by Gasteiger charge is -2.15. The first-order valence-corrected chi connectivity index (χ1v) is 8.97. The molecular formula is C20H26IN5O4. The van der Waals surface area contributed by atoms with Crippen molar-refractivity contribution in [3.63, 3.8) is 0 Å². The number of ether oxygens (including phenoxy) is 1. The first-order valence-electron chi connectivity index (χ1n) is 8.97. The lowest BCUT2D eigenvalue weighted by molar-refractivity contribution is -0.384. The molecule has 162 valence electrons. The molecule has 2 aromatic carbocycles. The molecule has 9 nitrogen and oxygen atoms in total. The van der Waals surface area contributed by atoms with Crippen molar-refractivity contribution in [2.45, 2.75) is 13.1 Å². The highest BCUT2D eigenvalue weighted by molar-refractivity contribution is 14.0. The number of methoxy groups -OCH3 is 1. The zero-order chi connectivity index (χ0) is 21.2. The Morgan fingerprint density at radius 3 is 2.20 bits per heavy atom. The molecule has 0 heterocycles. The number of aliphatic imine (C=N–C) groups is 1. The lowest BCUT2D eigenvalue weighted by Crippen LogP contribution is -2.42. The number of hydrogen-bond donors (Lipinski definition) is 2. The van der Waals surface area contributed by atoms with Crippen LogP contribution in [0, 0.1) is 10.1 Å². The molecule has 0 aliphatic rings. The van der Waals surface area contributed by atoms with Crippen LogP contribution in [0.4, 0.5) is 5.69 Å². The summed E-state index contributed by atoms with van der Waals surface area (Å²) < 4.78 is 5.15. The Morgan fingerprint density at radius 1 is 1.07 bits per heavy atom. The fourth-order valence-corrected chi connectivity index (χ4v) is 2.31. The lowest BCUT2D eigenvalue weighted by atomic mass is 10.2. The molecule has 0 radical (unpaired) electrons. The van der Waals surface area contributed by atoms with E-state index in [9.17, 15) is 14.9 Å². The minimum atomic E-state index is -0.437. The SMILES string of the molecule is COc1ccc(CN=C(NCC(=O)N(C)C)NCc2ccc([N+](=O)[O-])cc2)cc1.I. The van der Waals surface area contributed by atoms with E-state index in [0.717, 1.165) is 16.9 Å². The van der Waals surface area contributed by atoms with Gasteiger partial charge in [0.15, 0.2) is 5.96 Å². The van der Waals surface area contributed by atoms with Gasteiger partial charge in [-0.05, 0) is 23.3 Å². The van der Waals surface area contributed by atoms with Gasteiger partial charge in [-0.15, -0.1) is 24.0 Å². The Labute approximate surface area is 192 Å². The van der Waals surface area contributed by atoms with E-state index in [4.69, 9.17) is 4.74 Å². The Hall–Kier alpha value is -2.89. The van der Waals surface area contributed by atoms with Gasteiger partial charge in [0.2, 0.25) is 5.91 Å². The van der Waals surface area contributed by atoms with Crippen molar-refractivity contribution in [1.29, 1.82) is 0 Å². The monoisotopic (exact) mass is 527 g/mol. The van der Waals surface area contributed by atoms with Gasteiger partial charge in [0.05, 0.1) is 25.1 Å². The Morgan fingerprint density at radius 2 is 1.67 bits per heavy atom. The molecule has 30 heavy (non-hydrogen) atoms. The number of benzene rings is 2. The van der Waals surface area contributed by atoms with E-state index in [1.54, 1.807) is 33.3 Å². The summed E-state index contributed by atoms with van der Waals surface area (Å²) in [7, 11) is 4.98. The first kappa shape index (κ1) is 25.1. The van der Waals surface area contributed by atoms with Crippen LogP contribution in [-0.4, -0.2) is 49.4 Å². The molecule has 0 aliphatic heterocycles. The summed E-state index contributed by atoms with van der Waals surface area (Å²) in [6, 6.07) is 13.8. The maximum atomic E-state index is 11.9. The number of nitro benzene ring substituents is 1. The number of nitrogens with zero attached hydrogens (tertiary/aromatic N) is 3. The quantitative estimate of drug-likeness (QED) is 0.180. The van der Waals surface area contributed by atoms with E-state index in [0.29, 0.717) is 19.0 Å². The van der Waals surface area contributed by atoms with E-state index >= 15 is 0 Å². The van der Waals surface area contributed by atoms with E-state index in [1.807, 2.05) is 24.3 Å². The van der Waals surface area contributed by atoms with Crippen LogP contribution < -0.4 is 15.4 Å². The van der Waals surface area contributed by atoms with Crippen molar-refractivity contribution in [2.24, 2.45) is 4.99 Å². The average molecular weight is 527 g/mol. The number of likely N-dealkylation sites (N-methyl/N-ethyl adjacent to an activating group) is 1. The summed E-state index contributed by atoms with van der Waals surface area (Å²) in [5.41, 5.74) is 1.88. The minimum Gasteiger partial charge on any atom is -0.497 e. The molecule has 0 spiro atoms. The molecular weight excluding hydrogens is 501 g/mol. The van der Waals surface area contributed by atoms with E-state index in [-0.39, 0.29) is 42.1 Å². The summed E-state index contributed by atoms with van der Waals surface area (Å²) >= 11 is 0. The molecule has 0 aliphatic carbocycles. The molecule has 2 N–H and O–H groups in total. The number of guanidine groups is 1. The van der Waals surface area contributed by atoms with Crippen molar-refractivity contribution < 1.29 is 14.5 Å². The van der Waals surface area contributed by atoms with Crippen LogP contribution in [0.3, 0.4) is 0 Å². The fraction of sp³-hybridized carbons (Fsp3) is 0.300. The number of rotatable bonds is 8. The Balaban J connectivity index is 0.00000450. The molecule has 0 aromatic heterocycles. The number of amides is 1. The molecule has 0 unspecified atom stereocenters. The van der Waals surface area contributed by atoms with Crippen molar-refractivity contribution in [1.82, 2.24) is 15.5 Å². The third-order valence-electron chi connectivity index (χ3n) is 4.09. The molecule has 1 amide bonds. The van der Waals surface area contributed by atoms with Crippen LogP contribution in [0.2, 0.25) is 0 Å². The molecule has 0 atom stereocenters. The molecule has 2 aromatic rings. The molecule has 0 bridgehead atoms. The number of hydrogen-bond acceptors (Lipinski definition) is 5. The summed E-state index contributed by atoms with van der Waals surface area (Å²) in [6.45, 7) is 0.917. The van der Waals surface area contributed by atoms with Gasteiger partial charge in [-0.1, -0.05) is 24.3 Å². The van der Waals surface area contributed by atoms with Gasteiger partial charge in [0.1, 0.15) is 5.75 Å². The normalized spacial score (nSPS) is 10.6. The second-order valence-electron chi connectivity index (χ2n) is 6.43. The van der Waals surface area contributed by atoms with Gasteiger partial charge in [0.25, 0.3) is 5.69 Å². The largest absolute Gasteiger partial charge is 0.497 e. The average Bonchev–Trinajstić information content (AvgIpc) is 2.73. The predicted molar refractivity (Wildman–Crippen MR) is 126 cm³/mol. The zero-order valence-electron chi connectivity index (χ0n) is 17.1. The number of nitrogens with one attached hydrogen (secondary N) is 2. The number of nitro groups is 1. The van der Waals surface area contributed by atoms with Gasteiger partial charge in [-0.25, -0.2) is 4.99 Å². The standard InChI is InChI=1S/C20H25N5O4.HI/c1-24(2)19(26)14-23-20(22-13-16-6-10-18(29-3)11-7-16)21-12-15-4-8-17(9-5-15)25(27)28;/h4-11H,12-14H2,1-3H3,(H2,21,22,23);1H. The summed E-state index contributed by atoms with van der Waals surface area (Å²) in [6.07, 6.45) is 0. The summed E-state index contributed by atoms with van der Waals surface area (Å²) in [4.78, 5) is 28.2. The molecule has 0 saturated carbocycles. The number of halogens is 1. The zero-order valence-corrected chi connectivity index (χ0v) is 19.5. The Kier molecular flexibility index (Phi) is 10.6. The Bertz CT molecular complexity index is 855. The summed E-state index contributed by atoms with van der Waals surface area (Å²) in [5, 5.41) is 16.9. The van der Waals surface area contributed by atoms with Crippen molar-refractivity contribution in [3.05, 3.63) is 69.8 Å². The van der Waals surface area contributed by atoms with Crippen LogP contribution in [0.25, 0.3) is 0 Å². The third kappa shape index (κ3) is 8.23. The van der Waals surface area contributed by atoms with Crippen LogP contribution in [0.1, 0.15) is 11.1 Å². The minimum absolute atomic E-state index is 0. The van der Waals surface area contributed by atoms with Gasteiger partial charge in [0, 0.05) is 32.8 Å². The van der Waals surface area contributed by atoms with Crippen molar-refractivity contribution >= 4 is 41.5 Å². The van der Waals surface area contributed by atoms with Gasteiger partial charge in [-0.3, -0.25) is 14.9 Å². The maximum Gasteiger partial charge on any atom is 0.269 e. The number of carbonyl (C=O) groups excluding carboxylic acids is 1. The highest BCUT2D eigenvalue weighted by atomic mass is 127. The van der Waals surface area contributed by atoms with Crippen LogP contribution in [0.15, 0.2) is 53.5 Å². The van der Waals surface area contributed by atoms with Gasteiger partial charge >= 0.3 is 0 Å². The van der Waals surface area contributed by atoms with E-state index in [1.165, 1.54) is 17.0 Å². The van der Waals surface area contributed by atoms with Crippen molar-refractivity contribution in [3.8, 4) is 5.75 Å². The topological polar surface area (TPSA) is 109 Å². The number of non-ortho nitro benzene ring substituents is 1. The fourth-order valence-electron chi connectivity index (χ4n) is 2.31. The van der Waals surface area contributed by atoms with E-state index < -0.39 is 4.92 Å². The highest BCUT2D eigenvalue weighted by Crippen LogP contribution is 2.13. The molecule has 0 saturated heterocycles. The van der Waals surface area contributed by atoms with Crippen LogP contribution >= 0.6 is 24.0 Å². The summed E-state index contributed by atoms with van der Waals surface area (Å²) in [5.74, 6) is 1.15. The van der Waals surface area contributed by atoms with Crippen LogP contribution in [0.5, 0.6) is 5.75 Å². The number of carbonyl (C=O) groups is 1. The highest BCUT2D eigenvalue weighted by Gasteiger charge is 2.07. The third-order valence-corrected chi connectivity index (χ3v) is 4.09. The van der Waals surface area contributed by atoms with Gasteiger partial charge in [-0.2, -0.15) is 0 Å². The predicted octanol–water partition coefficient (Wildman–Crippen LogP) is 2.55. The van der Waals surface area contributed by atoms with E-state index in [2.05, 4.69) is 15.6 Å². The van der Waals surface area contributed by atoms with Crippen molar-refractivity contribution in [2.75, 3.05) is 27.7 Å². The second kappa shape index (κ2) is 12.6. The molecule has 10 heteroatoms. The molecule has 2 rings (SSSR count). The first-order chi connectivity index (χ1) is 13.9. The maximum absolute atomic E-state index is 11.9. The van der Waals surface area contributed by atoms with Crippen LogP contribution in [-0.2, 0) is 17.9 Å².